The summed E-state index contributed by atoms with van der Waals surface area (Å²) in [6.07, 6.45) is 1.60. The summed E-state index contributed by atoms with van der Waals surface area (Å²) in [5, 5.41) is 13.4. The van der Waals surface area contributed by atoms with Gasteiger partial charge in [-0.3, -0.25) is 0 Å². The van der Waals surface area contributed by atoms with E-state index in [2.05, 4.69) is 21.0 Å². The van der Waals surface area contributed by atoms with Crippen LogP contribution in [0.15, 0.2) is 66.9 Å². The summed E-state index contributed by atoms with van der Waals surface area (Å²) in [5.41, 5.74) is 2.07. The van der Waals surface area contributed by atoms with Crippen molar-refractivity contribution in [1.82, 2.24) is 20.4 Å². The van der Waals surface area contributed by atoms with Gasteiger partial charge in [0.15, 0.2) is 0 Å². The largest absolute Gasteiger partial charge is 0.457 e. The van der Waals surface area contributed by atoms with E-state index in [1.165, 1.54) is 16.8 Å². The summed E-state index contributed by atoms with van der Waals surface area (Å²) in [6, 6.07) is 16.5. The number of halogens is 4. The average Bonchev–Trinajstić information content (AvgIpc) is 3.27. The number of urea groups is 1. The number of hydrogen-bond donors (Lipinski definition) is 3. The van der Waals surface area contributed by atoms with Gasteiger partial charge in [-0.05, 0) is 49.4 Å². The van der Waals surface area contributed by atoms with Gasteiger partial charge >= 0.3 is 12.1 Å². The molecule has 0 aliphatic rings. The number of hydrogen-bond acceptors (Lipinski definition) is 4. The highest BCUT2D eigenvalue weighted by molar-refractivity contribution is 6.67. The van der Waals surface area contributed by atoms with Crippen molar-refractivity contribution in [2.75, 3.05) is 11.9 Å². The number of aromatic nitrogens is 2. The number of alkyl halides is 3. The Hall–Kier alpha value is -3.17. The lowest BCUT2D eigenvalue weighted by Crippen LogP contribution is -2.28. The molecule has 0 saturated carbocycles. The number of nitrogens with zero attached hydrogens (tertiary/aromatic N) is 2. The molecule has 0 radical (unpaired) electrons. The highest BCUT2D eigenvalue weighted by Gasteiger charge is 2.26. The Morgan fingerprint density at radius 2 is 1.81 bits per heavy atom. The molecule has 0 unspecified atom stereocenters. The zero-order chi connectivity index (χ0) is 26.6. The van der Waals surface area contributed by atoms with Crippen molar-refractivity contribution in [2.45, 2.75) is 17.3 Å². The topological polar surface area (TPSA) is 97.3 Å². The number of fused-ring (bicyclic) bond motifs is 1. The lowest BCUT2D eigenvalue weighted by atomic mass is 10.2. The van der Waals surface area contributed by atoms with E-state index in [1.807, 2.05) is 25.1 Å². The molecule has 3 aromatic carbocycles. The van der Waals surface area contributed by atoms with E-state index in [-0.39, 0.29) is 23.2 Å². The molecule has 1 aromatic heterocycles. The molecular formula is C25H21Cl4N5O3. The van der Waals surface area contributed by atoms with E-state index in [9.17, 15) is 9.59 Å². The first-order valence-corrected chi connectivity index (χ1v) is 12.6. The smallest absolute Gasteiger partial charge is 0.342 e. The average molecular weight is 581 g/mol. The Morgan fingerprint density at radius 1 is 1.03 bits per heavy atom. The molecular weight excluding hydrogens is 560 g/mol. The van der Waals surface area contributed by atoms with Gasteiger partial charge in [0.25, 0.3) is 0 Å². The Morgan fingerprint density at radius 3 is 2.57 bits per heavy atom. The maximum Gasteiger partial charge on any atom is 0.342 e. The van der Waals surface area contributed by atoms with Gasteiger partial charge in [0.1, 0.15) is 11.5 Å². The number of carbonyl (C=O) groups excluding carboxylic acids is 2. The standard InChI is InChI=1S/C25H21Cl4N5O3/c1-2-30-24(36)34-21-10-8-18(11-16(21)14-32-34)37-22-6-4-3-5-15(22)13-31-23(35)33-17-7-9-20(26)19(12-17)25(27,28)29/h3-12,14H,2,13H2,1H3,(H,30,36)(H2,31,33,35). The van der Waals surface area contributed by atoms with Crippen molar-refractivity contribution in [3.63, 3.8) is 0 Å². The fourth-order valence-corrected chi connectivity index (χ4v) is 4.38. The van der Waals surface area contributed by atoms with Crippen molar-refractivity contribution in [1.29, 1.82) is 0 Å². The number of amides is 3. The maximum absolute atomic E-state index is 12.5. The van der Waals surface area contributed by atoms with Crippen molar-refractivity contribution in [3.05, 3.63) is 83.0 Å². The van der Waals surface area contributed by atoms with Crippen molar-refractivity contribution in [2.24, 2.45) is 0 Å². The van der Waals surface area contributed by atoms with Crippen LogP contribution in [0.25, 0.3) is 10.9 Å². The number of anilines is 1. The first-order valence-electron chi connectivity index (χ1n) is 11.1. The van der Waals surface area contributed by atoms with E-state index in [0.29, 0.717) is 29.2 Å². The molecule has 0 aliphatic heterocycles. The van der Waals surface area contributed by atoms with Crippen LogP contribution in [0.1, 0.15) is 18.1 Å². The minimum atomic E-state index is -1.73. The first-order chi connectivity index (χ1) is 17.7. The van der Waals surface area contributed by atoms with Gasteiger partial charge in [-0.2, -0.15) is 9.78 Å². The molecule has 3 amide bonds. The van der Waals surface area contributed by atoms with Crippen LogP contribution in [0.5, 0.6) is 11.5 Å². The van der Waals surface area contributed by atoms with Gasteiger partial charge in [0, 0.05) is 40.3 Å². The molecule has 192 valence electrons. The third-order valence-corrected chi connectivity index (χ3v) is 6.17. The number of ether oxygens (including phenoxy) is 1. The number of rotatable bonds is 6. The normalized spacial score (nSPS) is 11.3. The predicted molar refractivity (Wildman–Crippen MR) is 147 cm³/mol. The van der Waals surface area contributed by atoms with Crippen LogP contribution in [0.2, 0.25) is 5.02 Å². The van der Waals surface area contributed by atoms with Crippen molar-refractivity contribution >= 4 is 75.1 Å². The Balaban J connectivity index is 1.43. The van der Waals surface area contributed by atoms with Crippen molar-refractivity contribution < 1.29 is 14.3 Å². The second-order valence-electron chi connectivity index (χ2n) is 7.82. The summed E-state index contributed by atoms with van der Waals surface area (Å²) in [7, 11) is 0. The summed E-state index contributed by atoms with van der Waals surface area (Å²) >= 11 is 23.9. The second-order valence-corrected chi connectivity index (χ2v) is 10.5. The Kier molecular flexibility index (Phi) is 8.34. The molecule has 12 heteroatoms. The summed E-state index contributed by atoms with van der Waals surface area (Å²) in [5.74, 6) is 1.11. The van der Waals surface area contributed by atoms with Crippen LogP contribution >= 0.6 is 46.4 Å². The van der Waals surface area contributed by atoms with Gasteiger partial charge < -0.3 is 20.7 Å². The number of nitrogens with one attached hydrogen (secondary N) is 3. The van der Waals surface area contributed by atoms with E-state index >= 15 is 0 Å². The second kappa shape index (κ2) is 11.5. The third kappa shape index (κ3) is 6.59. The zero-order valence-corrected chi connectivity index (χ0v) is 22.4. The van der Waals surface area contributed by atoms with E-state index in [0.717, 1.165) is 10.9 Å². The quantitative estimate of drug-likeness (QED) is 0.210. The molecule has 37 heavy (non-hydrogen) atoms. The molecule has 4 aromatic rings. The summed E-state index contributed by atoms with van der Waals surface area (Å²) in [4.78, 5) is 24.7. The number of benzene rings is 3. The third-order valence-electron chi connectivity index (χ3n) is 5.23. The Labute approximate surface area is 232 Å². The van der Waals surface area contributed by atoms with Gasteiger partial charge in [-0.1, -0.05) is 64.6 Å². The van der Waals surface area contributed by atoms with E-state index in [1.54, 1.807) is 36.5 Å². The van der Waals surface area contributed by atoms with Crippen LogP contribution in [-0.2, 0) is 10.3 Å². The highest BCUT2D eigenvalue weighted by atomic mass is 35.6. The summed E-state index contributed by atoms with van der Waals surface area (Å²) < 4.78 is 5.65. The summed E-state index contributed by atoms with van der Waals surface area (Å²) in [6.45, 7) is 2.52. The van der Waals surface area contributed by atoms with Crippen LogP contribution in [0.3, 0.4) is 0 Å². The van der Waals surface area contributed by atoms with Crippen LogP contribution in [0, 0.1) is 0 Å². The fourth-order valence-electron chi connectivity index (χ4n) is 3.51. The Bertz CT molecular complexity index is 1450. The van der Waals surface area contributed by atoms with Gasteiger partial charge in [-0.25, -0.2) is 9.59 Å². The number of carbonyl (C=O) groups is 2. The lowest BCUT2D eigenvalue weighted by Gasteiger charge is -2.16. The minimum Gasteiger partial charge on any atom is -0.457 e. The first kappa shape index (κ1) is 26.9. The maximum atomic E-state index is 12.5. The molecule has 4 rings (SSSR count). The van der Waals surface area contributed by atoms with Gasteiger partial charge in [-0.15, -0.1) is 0 Å². The van der Waals surface area contributed by atoms with Gasteiger partial charge in [0.2, 0.25) is 3.79 Å². The highest BCUT2D eigenvalue weighted by Crippen LogP contribution is 2.42. The molecule has 3 N–H and O–H groups in total. The number of para-hydroxylation sites is 1. The van der Waals surface area contributed by atoms with E-state index in [4.69, 9.17) is 51.1 Å². The fraction of sp³-hybridized carbons (Fsp3) is 0.160. The molecule has 0 saturated heterocycles. The zero-order valence-electron chi connectivity index (χ0n) is 19.4. The molecule has 0 fully saturated rings. The molecule has 0 bridgehead atoms. The molecule has 0 atom stereocenters. The minimum absolute atomic E-state index is 0.185. The lowest BCUT2D eigenvalue weighted by molar-refractivity contribution is 0.241. The SMILES string of the molecule is CCNC(=O)n1ncc2cc(Oc3ccccc3CNC(=O)Nc3ccc(Cl)c(C(Cl)(Cl)Cl)c3)ccc21. The molecule has 0 spiro atoms. The predicted octanol–water partition coefficient (Wildman–Crippen LogP) is 7.21. The monoisotopic (exact) mass is 579 g/mol. The molecule has 8 nitrogen and oxygen atoms in total. The van der Waals surface area contributed by atoms with Crippen LogP contribution in [-0.4, -0.2) is 28.4 Å². The van der Waals surface area contributed by atoms with Crippen LogP contribution in [0.4, 0.5) is 15.3 Å². The van der Waals surface area contributed by atoms with Crippen LogP contribution < -0.4 is 20.7 Å². The van der Waals surface area contributed by atoms with E-state index < -0.39 is 9.82 Å². The van der Waals surface area contributed by atoms with Gasteiger partial charge in [0.05, 0.1) is 11.7 Å². The molecule has 0 aliphatic carbocycles. The molecule has 1 heterocycles. The van der Waals surface area contributed by atoms with Crippen molar-refractivity contribution in [3.8, 4) is 11.5 Å².